The average Bonchev–Trinajstić information content (AvgIpc) is 2.37. The van der Waals surface area contributed by atoms with E-state index in [4.69, 9.17) is 4.74 Å². The van der Waals surface area contributed by atoms with Crippen molar-refractivity contribution in [2.24, 2.45) is 0 Å². The molecule has 0 atom stereocenters. The van der Waals surface area contributed by atoms with Gasteiger partial charge in [-0.1, -0.05) is 12.1 Å². The Bertz CT molecular complexity index is 537. The maximum atomic E-state index is 10.5. The molecule has 2 rings (SSSR count). The van der Waals surface area contributed by atoms with Crippen LogP contribution in [0.3, 0.4) is 0 Å². The highest BCUT2D eigenvalue weighted by atomic mass is 16.5. The number of hydrogen-bond acceptors (Lipinski definition) is 3. The number of anilines is 1. The number of aldehydes is 1. The molecule has 0 aromatic heterocycles. The van der Waals surface area contributed by atoms with Crippen molar-refractivity contribution >= 4 is 22.7 Å². The van der Waals surface area contributed by atoms with Crippen molar-refractivity contribution in [2.75, 3.05) is 25.6 Å². The Kier molecular flexibility index (Phi) is 3.28. The number of carbonyl (C=O) groups is 1. The van der Waals surface area contributed by atoms with Crippen molar-refractivity contribution in [2.45, 2.75) is 0 Å². The van der Waals surface area contributed by atoms with Crippen molar-refractivity contribution in [3.05, 3.63) is 36.4 Å². The quantitative estimate of drug-likeness (QED) is 0.754. The van der Waals surface area contributed by atoms with Gasteiger partial charge >= 0.3 is 0 Å². The van der Waals surface area contributed by atoms with Crippen molar-refractivity contribution in [3.8, 4) is 5.75 Å². The Balaban J connectivity index is 2.40. The van der Waals surface area contributed by atoms with Gasteiger partial charge in [-0.15, -0.1) is 0 Å². The summed E-state index contributed by atoms with van der Waals surface area (Å²) >= 11 is 0. The molecule has 0 bridgehead atoms. The van der Waals surface area contributed by atoms with Gasteiger partial charge in [0.1, 0.15) is 12.0 Å². The molecule has 0 aliphatic carbocycles. The highest BCUT2D eigenvalue weighted by Crippen LogP contribution is 2.24. The molecule has 88 valence electrons. The van der Waals surface area contributed by atoms with Gasteiger partial charge in [0.25, 0.3) is 0 Å². The number of likely N-dealkylation sites (N-methyl/N-ethyl adjacent to an activating group) is 1. The van der Waals surface area contributed by atoms with Gasteiger partial charge < -0.3 is 14.4 Å². The summed E-state index contributed by atoms with van der Waals surface area (Å²) in [5.74, 6) is 0.853. The van der Waals surface area contributed by atoms with Crippen LogP contribution in [0.2, 0.25) is 0 Å². The smallest absolute Gasteiger partial charge is 0.139 e. The van der Waals surface area contributed by atoms with Crippen molar-refractivity contribution in [3.63, 3.8) is 0 Å². The van der Waals surface area contributed by atoms with E-state index in [-0.39, 0.29) is 0 Å². The minimum atomic E-state index is 0.404. The maximum absolute atomic E-state index is 10.5. The minimum absolute atomic E-state index is 0.404. The first-order chi connectivity index (χ1) is 8.24. The molecule has 0 N–H and O–H groups in total. The van der Waals surface area contributed by atoms with E-state index in [9.17, 15) is 4.79 Å². The summed E-state index contributed by atoms with van der Waals surface area (Å²) in [7, 11) is 3.56. The lowest BCUT2D eigenvalue weighted by molar-refractivity contribution is -0.106. The Morgan fingerprint density at radius 3 is 2.59 bits per heavy atom. The summed E-state index contributed by atoms with van der Waals surface area (Å²) in [6.45, 7) is 0.404. The lowest BCUT2D eigenvalue weighted by Gasteiger charge is -2.16. The number of methoxy groups -OCH3 is 1. The van der Waals surface area contributed by atoms with Gasteiger partial charge in [0, 0.05) is 12.7 Å². The van der Waals surface area contributed by atoms with E-state index in [2.05, 4.69) is 6.07 Å². The summed E-state index contributed by atoms with van der Waals surface area (Å²) in [6.07, 6.45) is 0.901. The SMILES string of the molecule is COc1ccc2cc(N(C)CC=O)ccc2c1. The predicted octanol–water partition coefficient (Wildman–Crippen LogP) is 2.48. The second-order valence-electron chi connectivity index (χ2n) is 3.94. The first-order valence-corrected chi connectivity index (χ1v) is 5.47. The van der Waals surface area contributed by atoms with Crippen LogP contribution in [0.4, 0.5) is 5.69 Å². The number of hydrogen-bond donors (Lipinski definition) is 0. The standard InChI is InChI=1S/C14H15NO2/c1-15(7-8-16)13-5-3-12-10-14(17-2)6-4-11(12)9-13/h3-6,8-10H,7H2,1-2H3. The number of benzene rings is 2. The largest absolute Gasteiger partial charge is 0.497 e. The van der Waals surface area contributed by atoms with Gasteiger partial charge in [-0.2, -0.15) is 0 Å². The third-order valence-electron chi connectivity index (χ3n) is 2.82. The number of carbonyl (C=O) groups excluding carboxylic acids is 1. The summed E-state index contributed by atoms with van der Waals surface area (Å²) in [6, 6.07) is 12.1. The van der Waals surface area contributed by atoms with E-state index in [0.29, 0.717) is 6.54 Å². The molecule has 0 spiro atoms. The number of ether oxygens (including phenoxy) is 1. The van der Waals surface area contributed by atoms with Crippen LogP contribution in [-0.2, 0) is 4.79 Å². The summed E-state index contributed by atoms with van der Waals surface area (Å²) in [5.41, 5.74) is 1.04. The third-order valence-corrected chi connectivity index (χ3v) is 2.82. The summed E-state index contributed by atoms with van der Waals surface area (Å²) in [5, 5.41) is 2.27. The van der Waals surface area contributed by atoms with Crippen LogP contribution in [0, 0.1) is 0 Å². The molecule has 0 aliphatic rings. The Labute approximate surface area is 101 Å². The fraction of sp³-hybridized carbons (Fsp3) is 0.214. The molecule has 0 radical (unpaired) electrons. The molecule has 0 aliphatic heterocycles. The van der Waals surface area contributed by atoms with Crippen LogP contribution in [0.25, 0.3) is 10.8 Å². The van der Waals surface area contributed by atoms with Gasteiger partial charge in [-0.05, 0) is 35.0 Å². The molecule has 0 amide bonds. The fourth-order valence-corrected chi connectivity index (χ4v) is 1.79. The molecule has 3 heteroatoms. The molecule has 0 fully saturated rings. The zero-order valence-electron chi connectivity index (χ0n) is 10.0. The van der Waals surface area contributed by atoms with Crippen molar-refractivity contribution < 1.29 is 9.53 Å². The molecule has 2 aromatic carbocycles. The molecule has 17 heavy (non-hydrogen) atoms. The first-order valence-electron chi connectivity index (χ1n) is 5.47. The van der Waals surface area contributed by atoms with Gasteiger partial charge in [0.05, 0.1) is 13.7 Å². The van der Waals surface area contributed by atoms with E-state index in [1.165, 1.54) is 0 Å². The number of nitrogens with zero attached hydrogens (tertiary/aromatic N) is 1. The van der Waals surface area contributed by atoms with Crippen LogP contribution in [0.15, 0.2) is 36.4 Å². The zero-order chi connectivity index (χ0) is 12.3. The maximum Gasteiger partial charge on any atom is 0.139 e. The topological polar surface area (TPSA) is 29.5 Å². The van der Waals surface area contributed by atoms with Crippen LogP contribution in [0.5, 0.6) is 5.75 Å². The lowest BCUT2D eigenvalue weighted by Crippen LogP contribution is -2.18. The monoisotopic (exact) mass is 229 g/mol. The molecular weight excluding hydrogens is 214 g/mol. The van der Waals surface area contributed by atoms with Crippen LogP contribution in [0.1, 0.15) is 0 Å². The molecule has 0 saturated heterocycles. The molecule has 0 saturated carbocycles. The summed E-state index contributed by atoms with van der Waals surface area (Å²) in [4.78, 5) is 12.4. The third kappa shape index (κ3) is 2.38. The first kappa shape index (κ1) is 11.5. The molecule has 2 aromatic rings. The van der Waals surface area contributed by atoms with Gasteiger partial charge in [0.15, 0.2) is 0 Å². The highest BCUT2D eigenvalue weighted by molar-refractivity contribution is 5.87. The fourth-order valence-electron chi connectivity index (χ4n) is 1.79. The van der Waals surface area contributed by atoms with E-state index >= 15 is 0 Å². The second-order valence-corrected chi connectivity index (χ2v) is 3.94. The second kappa shape index (κ2) is 4.87. The molecular formula is C14H15NO2. The van der Waals surface area contributed by atoms with E-state index in [0.717, 1.165) is 28.5 Å². The van der Waals surface area contributed by atoms with Crippen LogP contribution in [-0.4, -0.2) is 27.0 Å². The normalized spacial score (nSPS) is 10.2. The Morgan fingerprint density at radius 2 is 1.88 bits per heavy atom. The van der Waals surface area contributed by atoms with E-state index in [1.54, 1.807) is 7.11 Å². The van der Waals surface area contributed by atoms with Gasteiger partial charge in [-0.25, -0.2) is 0 Å². The molecule has 0 unspecified atom stereocenters. The minimum Gasteiger partial charge on any atom is -0.497 e. The van der Waals surface area contributed by atoms with E-state index in [1.807, 2.05) is 42.3 Å². The van der Waals surface area contributed by atoms with Crippen LogP contribution < -0.4 is 9.64 Å². The van der Waals surface area contributed by atoms with Crippen LogP contribution >= 0.6 is 0 Å². The number of fused-ring (bicyclic) bond motifs is 1. The Hall–Kier alpha value is -2.03. The molecule has 3 nitrogen and oxygen atoms in total. The van der Waals surface area contributed by atoms with Crippen molar-refractivity contribution in [1.29, 1.82) is 0 Å². The average molecular weight is 229 g/mol. The van der Waals surface area contributed by atoms with Crippen molar-refractivity contribution in [1.82, 2.24) is 0 Å². The lowest BCUT2D eigenvalue weighted by atomic mass is 10.1. The predicted molar refractivity (Wildman–Crippen MR) is 69.8 cm³/mol. The van der Waals surface area contributed by atoms with Gasteiger partial charge in [0.2, 0.25) is 0 Å². The zero-order valence-corrected chi connectivity index (χ0v) is 10.0. The van der Waals surface area contributed by atoms with Gasteiger partial charge in [-0.3, -0.25) is 0 Å². The molecule has 0 heterocycles. The highest BCUT2D eigenvalue weighted by Gasteiger charge is 2.02. The van der Waals surface area contributed by atoms with E-state index < -0.39 is 0 Å². The number of rotatable bonds is 4. The summed E-state index contributed by atoms with van der Waals surface area (Å²) < 4.78 is 5.18. The Morgan fingerprint density at radius 1 is 1.18 bits per heavy atom.